The zero-order valence-electron chi connectivity index (χ0n) is 36.8. The molecule has 14 rings (SSSR count). The Morgan fingerprint density at radius 3 is 1.71 bits per heavy atom. The van der Waals surface area contributed by atoms with Crippen LogP contribution in [0, 0.1) is 0 Å². The molecular weight excluding hydrogens is 845 g/mol. The van der Waals surface area contributed by atoms with Gasteiger partial charge in [-0.25, -0.2) is 0 Å². The lowest BCUT2D eigenvalue weighted by Crippen LogP contribution is -2.10. The number of rotatable bonds is 7. The fourth-order valence-corrected chi connectivity index (χ4v) is 11.9. The molecule has 3 nitrogen and oxygen atoms in total. The number of furan rings is 1. The molecule has 3 heterocycles. The Hall–Kier alpha value is -8.70. The van der Waals surface area contributed by atoms with Crippen molar-refractivity contribution in [3.8, 4) is 39.1 Å². The van der Waals surface area contributed by atoms with Crippen LogP contribution >= 0.6 is 11.3 Å². The monoisotopic (exact) mass is 884 g/mol. The van der Waals surface area contributed by atoms with Gasteiger partial charge < -0.3 is 13.9 Å². The molecule has 4 heteroatoms. The summed E-state index contributed by atoms with van der Waals surface area (Å²) in [6, 6.07) is 88.1. The standard InChI is InChI=1S/C64H40N2OS/c1-2-18-48-41(14-1)15-12-23-49(48)42-30-34-45(35-31-42)65(46-36-32-43(33-37-46)50-24-13-29-61-62(50)55-22-6-10-28-60(55)68-61)58-39-38-51(64-63(58)54-21-5-9-27-59(54)67-64)44-16-11-17-47(40-44)66-56-25-7-3-19-52(56)53-20-4-8-26-57(53)66/h1-40H. The maximum Gasteiger partial charge on any atom is 0.145 e. The number of fused-ring (bicyclic) bond motifs is 10. The zero-order valence-corrected chi connectivity index (χ0v) is 37.6. The summed E-state index contributed by atoms with van der Waals surface area (Å²) in [4.78, 5) is 2.40. The Morgan fingerprint density at radius 1 is 0.368 bits per heavy atom. The highest BCUT2D eigenvalue weighted by Gasteiger charge is 2.23. The first-order chi connectivity index (χ1) is 33.7. The summed E-state index contributed by atoms with van der Waals surface area (Å²) in [6.07, 6.45) is 0. The number of aromatic nitrogens is 1. The summed E-state index contributed by atoms with van der Waals surface area (Å²) < 4.78 is 12.0. The van der Waals surface area contributed by atoms with Crippen LogP contribution in [-0.2, 0) is 0 Å². The molecule has 0 aliphatic carbocycles. The molecule has 0 aliphatic heterocycles. The van der Waals surface area contributed by atoms with Crippen molar-refractivity contribution in [2.45, 2.75) is 0 Å². The molecule has 11 aromatic carbocycles. The van der Waals surface area contributed by atoms with Gasteiger partial charge in [0.2, 0.25) is 0 Å². The second-order valence-corrected chi connectivity index (χ2v) is 18.7. The van der Waals surface area contributed by atoms with Crippen molar-refractivity contribution in [1.82, 2.24) is 4.57 Å². The van der Waals surface area contributed by atoms with E-state index in [2.05, 4.69) is 252 Å². The number of anilines is 3. The minimum atomic E-state index is 0.854. The van der Waals surface area contributed by atoms with E-state index in [1.165, 1.54) is 75.0 Å². The van der Waals surface area contributed by atoms with Crippen LogP contribution < -0.4 is 4.90 Å². The number of nitrogens with zero attached hydrogens (tertiary/aromatic N) is 2. The van der Waals surface area contributed by atoms with Gasteiger partial charge in [-0.15, -0.1) is 11.3 Å². The van der Waals surface area contributed by atoms with Gasteiger partial charge in [0.15, 0.2) is 0 Å². The number of hydrogen-bond donors (Lipinski definition) is 0. The topological polar surface area (TPSA) is 21.3 Å². The predicted molar refractivity (Wildman–Crippen MR) is 289 cm³/mol. The summed E-state index contributed by atoms with van der Waals surface area (Å²) in [5.41, 5.74) is 15.3. The van der Waals surface area contributed by atoms with Crippen molar-refractivity contribution >= 4 is 103 Å². The third kappa shape index (κ3) is 6.05. The zero-order chi connectivity index (χ0) is 44.7. The fourth-order valence-electron chi connectivity index (χ4n) is 10.7. The molecule has 3 aromatic heterocycles. The maximum atomic E-state index is 7.00. The highest BCUT2D eigenvalue weighted by molar-refractivity contribution is 7.25. The quantitative estimate of drug-likeness (QED) is 0.159. The van der Waals surface area contributed by atoms with E-state index in [9.17, 15) is 0 Å². The molecule has 0 saturated carbocycles. The summed E-state index contributed by atoms with van der Waals surface area (Å²) in [5.74, 6) is 0. The largest absolute Gasteiger partial charge is 0.455 e. The van der Waals surface area contributed by atoms with Crippen molar-refractivity contribution in [1.29, 1.82) is 0 Å². The number of hydrogen-bond acceptors (Lipinski definition) is 3. The molecule has 68 heavy (non-hydrogen) atoms. The first kappa shape index (κ1) is 38.6. The Bertz CT molecular complexity index is 4210. The third-order valence-corrected chi connectivity index (χ3v) is 14.9. The van der Waals surface area contributed by atoms with Crippen LogP contribution in [0.4, 0.5) is 17.1 Å². The predicted octanol–water partition coefficient (Wildman–Crippen LogP) is 18.7. The summed E-state index contributed by atoms with van der Waals surface area (Å²) in [5, 5.41) is 9.71. The molecule has 0 unspecified atom stereocenters. The smallest absolute Gasteiger partial charge is 0.145 e. The molecule has 0 saturated heterocycles. The molecule has 14 aromatic rings. The lowest BCUT2D eigenvalue weighted by molar-refractivity contribution is 0.670. The Kier molecular flexibility index (Phi) is 8.76. The molecule has 0 spiro atoms. The van der Waals surface area contributed by atoms with Gasteiger partial charge in [-0.3, -0.25) is 0 Å². The normalized spacial score (nSPS) is 11.8. The number of benzene rings is 11. The van der Waals surface area contributed by atoms with Gasteiger partial charge in [0.05, 0.1) is 22.1 Å². The van der Waals surface area contributed by atoms with E-state index in [4.69, 9.17) is 4.42 Å². The van der Waals surface area contributed by atoms with Gasteiger partial charge in [0.1, 0.15) is 11.2 Å². The van der Waals surface area contributed by atoms with E-state index in [1.54, 1.807) is 0 Å². The summed E-state index contributed by atoms with van der Waals surface area (Å²) in [7, 11) is 0. The van der Waals surface area contributed by atoms with E-state index < -0.39 is 0 Å². The first-order valence-electron chi connectivity index (χ1n) is 23.2. The molecule has 0 aliphatic rings. The third-order valence-electron chi connectivity index (χ3n) is 13.8. The van der Waals surface area contributed by atoms with Crippen molar-refractivity contribution < 1.29 is 4.42 Å². The van der Waals surface area contributed by atoms with Gasteiger partial charge in [-0.1, -0.05) is 164 Å². The molecular formula is C64H40N2OS. The van der Waals surface area contributed by atoms with E-state index in [-0.39, 0.29) is 0 Å². The Balaban J connectivity index is 0.955. The average molecular weight is 885 g/mol. The van der Waals surface area contributed by atoms with Crippen molar-refractivity contribution in [2.24, 2.45) is 0 Å². The van der Waals surface area contributed by atoms with Crippen LogP contribution in [0.1, 0.15) is 0 Å². The van der Waals surface area contributed by atoms with Crippen LogP contribution in [0.2, 0.25) is 0 Å². The molecule has 0 radical (unpaired) electrons. The molecule has 0 N–H and O–H groups in total. The van der Waals surface area contributed by atoms with Gasteiger partial charge in [0, 0.05) is 59.0 Å². The summed E-state index contributed by atoms with van der Waals surface area (Å²) in [6.45, 7) is 0. The van der Waals surface area contributed by atoms with Crippen LogP contribution in [0.3, 0.4) is 0 Å². The lowest BCUT2D eigenvalue weighted by atomic mass is 9.97. The number of thiophene rings is 1. The van der Waals surface area contributed by atoms with Crippen LogP contribution in [0.25, 0.3) is 114 Å². The first-order valence-corrected chi connectivity index (χ1v) is 24.0. The minimum absolute atomic E-state index is 0.854. The fraction of sp³-hybridized carbons (Fsp3) is 0. The maximum absolute atomic E-state index is 7.00. The van der Waals surface area contributed by atoms with E-state index in [1.807, 2.05) is 11.3 Å². The molecule has 0 fully saturated rings. The van der Waals surface area contributed by atoms with Crippen molar-refractivity contribution in [3.05, 3.63) is 243 Å². The van der Waals surface area contributed by atoms with Gasteiger partial charge in [0.25, 0.3) is 0 Å². The molecule has 318 valence electrons. The van der Waals surface area contributed by atoms with E-state index in [0.29, 0.717) is 0 Å². The lowest BCUT2D eigenvalue weighted by Gasteiger charge is -2.27. The van der Waals surface area contributed by atoms with Crippen LogP contribution in [0.5, 0.6) is 0 Å². The second-order valence-electron chi connectivity index (χ2n) is 17.6. The minimum Gasteiger partial charge on any atom is -0.455 e. The molecule has 0 atom stereocenters. The van der Waals surface area contributed by atoms with Gasteiger partial charge in [-0.05, 0) is 117 Å². The van der Waals surface area contributed by atoms with Gasteiger partial charge >= 0.3 is 0 Å². The van der Waals surface area contributed by atoms with Crippen LogP contribution in [-0.4, -0.2) is 4.57 Å². The number of para-hydroxylation sites is 3. The van der Waals surface area contributed by atoms with Gasteiger partial charge in [-0.2, -0.15) is 0 Å². The Labute approximate surface area is 396 Å². The SMILES string of the molecule is c1cc(-c2ccc(N(c3ccc(-c4cccc5ccccc45)cc3)c3ccc(-c4cccc5sc6ccccc6c45)cc3)c3c2oc2ccccc23)cc(-n2c3ccccc3c3ccccc32)c1. The summed E-state index contributed by atoms with van der Waals surface area (Å²) >= 11 is 1.86. The van der Waals surface area contributed by atoms with Crippen molar-refractivity contribution in [2.75, 3.05) is 4.90 Å². The molecule has 0 bridgehead atoms. The van der Waals surface area contributed by atoms with Crippen molar-refractivity contribution in [3.63, 3.8) is 0 Å². The average Bonchev–Trinajstić information content (AvgIpc) is 4.10. The van der Waals surface area contributed by atoms with Crippen LogP contribution in [0.15, 0.2) is 247 Å². The van der Waals surface area contributed by atoms with E-state index in [0.717, 1.165) is 55.8 Å². The highest BCUT2D eigenvalue weighted by atomic mass is 32.1. The highest BCUT2D eigenvalue weighted by Crippen LogP contribution is 2.48. The Morgan fingerprint density at radius 2 is 0.941 bits per heavy atom. The molecule has 0 amide bonds. The van der Waals surface area contributed by atoms with E-state index >= 15 is 0 Å². The second kappa shape index (κ2) is 15.5.